The first kappa shape index (κ1) is 21.3. The Bertz CT molecular complexity index is 935. The minimum atomic E-state index is -3.73. The van der Waals surface area contributed by atoms with Crippen molar-refractivity contribution in [3.8, 4) is 11.1 Å². The van der Waals surface area contributed by atoms with Crippen LogP contribution in [0.2, 0.25) is 5.02 Å². The number of hydrazine groups is 1. The predicted molar refractivity (Wildman–Crippen MR) is 105 cm³/mol. The number of amides is 1. The zero-order valence-corrected chi connectivity index (χ0v) is 16.5. The van der Waals surface area contributed by atoms with Gasteiger partial charge in [-0.25, -0.2) is 12.8 Å². The molecular weight excluding hydrogens is 393 g/mol. The normalized spacial score (nSPS) is 11.4. The molecule has 0 aromatic heterocycles. The largest absolute Gasteiger partial charge is 0.320 e. The highest BCUT2D eigenvalue weighted by Crippen LogP contribution is 2.28. The number of hydrogen-bond donors (Lipinski definition) is 3. The molecular formula is C18H21ClFN3O3S. The van der Waals surface area contributed by atoms with Crippen molar-refractivity contribution in [2.24, 2.45) is 0 Å². The van der Waals surface area contributed by atoms with Gasteiger partial charge in [0.25, 0.3) is 5.91 Å². The van der Waals surface area contributed by atoms with Gasteiger partial charge in [0, 0.05) is 0 Å². The van der Waals surface area contributed by atoms with E-state index in [-0.39, 0.29) is 16.3 Å². The molecule has 1 amide bonds. The molecule has 0 saturated heterocycles. The van der Waals surface area contributed by atoms with Gasteiger partial charge in [-0.05, 0) is 50.2 Å². The molecule has 0 bridgehead atoms. The standard InChI is InChI=1S/C18H21ClFN3O3S/c1-12-5-3-6-13(9-12)14-10-15(17(20)16(19)11-14)18(24)22-23-27(25,26)8-4-7-21-2/h3,5-6,9-11,21,23H,4,7-8H2,1-2H3,(H,22,24). The zero-order valence-electron chi connectivity index (χ0n) is 15.0. The fraction of sp³-hybridized carbons (Fsp3) is 0.278. The third-order valence-electron chi connectivity index (χ3n) is 3.78. The van der Waals surface area contributed by atoms with Crippen molar-refractivity contribution in [2.45, 2.75) is 13.3 Å². The average molecular weight is 414 g/mol. The van der Waals surface area contributed by atoms with Crippen LogP contribution in [0.4, 0.5) is 4.39 Å². The number of carbonyl (C=O) groups is 1. The summed E-state index contributed by atoms with van der Waals surface area (Å²) in [5.74, 6) is -2.03. The lowest BCUT2D eigenvalue weighted by atomic mass is 10.0. The highest BCUT2D eigenvalue weighted by molar-refractivity contribution is 7.89. The number of hydrogen-bond acceptors (Lipinski definition) is 4. The number of benzene rings is 2. The second kappa shape index (κ2) is 9.27. The van der Waals surface area contributed by atoms with Crippen LogP contribution in [-0.4, -0.2) is 33.7 Å². The monoisotopic (exact) mass is 413 g/mol. The number of sulfonamides is 1. The Hall–Kier alpha value is -2.00. The molecule has 6 nitrogen and oxygen atoms in total. The van der Waals surface area contributed by atoms with Crippen molar-refractivity contribution in [3.63, 3.8) is 0 Å². The van der Waals surface area contributed by atoms with Gasteiger partial charge < -0.3 is 5.32 Å². The smallest absolute Gasteiger partial charge is 0.269 e. The Labute approximate surface area is 163 Å². The summed E-state index contributed by atoms with van der Waals surface area (Å²) in [4.78, 5) is 14.3. The fourth-order valence-electron chi connectivity index (χ4n) is 2.43. The Morgan fingerprint density at radius 2 is 1.93 bits per heavy atom. The molecule has 2 aromatic rings. The first-order chi connectivity index (χ1) is 12.7. The van der Waals surface area contributed by atoms with Crippen molar-refractivity contribution >= 4 is 27.5 Å². The first-order valence-corrected chi connectivity index (χ1v) is 10.3. The number of halogens is 2. The average Bonchev–Trinajstić information content (AvgIpc) is 2.62. The molecule has 0 atom stereocenters. The lowest BCUT2D eigenvalue weighted by Crippen LogP contribution is -2.43. The maximum atomic E-state index is 14.3. The van der Waals surface area contributed by atoms with Crippen LogP contribution in [0.5, 0.6) is 0 Å². The molecule has 0 aliphatic rings. The number of rotatable bonds is 8. The maximum Gasteiger partial charge on any atom is 0.269 e. The Kier molecular flexibility index (Phi) is 7.32. The number of carbonyl (C=O) groups excluding carboxylic acids is 1. The number of aryl methyl sites for hydroxylation is 1. The second-order valence-corrected chi connectivity index (χ2v) is 8.27. The minimum absolute atomic E-state index is 0.180. The molecule has 0 aliphatic carbocycles. The summed E-state index contributed by atoms with van der Waals surface area (Å²) in [6, 6.07) is 10.2. The molecule has 0 fully saturated rings. The Morgan fingerprint density at radius 1 is 1.19 bits per heavy atom. The number of nitrogens with one attached hydrogen (secondary N) is 3. The molecule has 0 radical (unpaired) electrons. The predicted octanol–water partition coefficient (Wildman–Crippen LogP) is 2.63. The van der Waals surface area contributed by atoms with Crippen molar-refractivity contribution in [2.75, 3.05) is 19.3 Å². The second-order valence-electron chi connectivity index (χ2n) is 6.02. The van der Waals surface area contributed by atoms with E-state index in [0.29, 0.717) is 18.5 Å². The molecule has 2 rings (SSSR count). The summed E-state index contributed by atoms with van der Waals surface area (Å²) in [7, 11) is -2.02. The van der Waals surface area contributed by atoms with Gasteiger partial charge in [-0.1, -0.05) is 41.4 Å². The highest BCUT2D eigenvalue weighted by Gasteiger charge is 2.19. The molecule has 0 unspecified atom stereocenters. The molecule has 0 aliphatic heterocycles. The van der Waals surface area contributed by atoms with E-state index in [1.54, 1.807) is 7.05 Å². The van der Waals surface area contributed by atoms with E-state index in [1.165, 1.54) is 12.1 Å². The van der Waals surface area contributed by atoms with Crippen LogP contribution in [0, 0.1) is 12.7 Å². The van der Waals surface area contributed by atoms with E-state index in [0.717, 1.165) is 11.1 Å². The zero-order chi connectivity index (χ0) is 20.0. The van der Waals surface area contributed by atoms with Gasteiger partial charge in [0.2, 0.25) is 10.0 Å². The first-order valence-electron chi connectivity index (χ1n) is 8.24. The van der Waals surface area contributed by atoms with E-state index in [1.807, 2.05) is 41.4 Å². The fourth-order valence-corrected chi connectivity index (χ4v) is 3.52. The quantitative estimate of drug-likeness (QED) is 0.458. The van der Waals surface area contributed by atoms with Gasteiger partial charge in [-0.3, -0.25) is 10.2 Å². The van der Waals surface area contributed by atoms with Gasteiger partial charge in [-0.2, -0.15) is 0 Å². The van der Waals surface area contributed by atoms with Gasteiger partial charge in [0.15, 0.2) is 5.82 Å². The van der Waals surface area contributed by atoms with Crippen LogP contribution in [-0.2, 0) is 10.0 Å². The third kappa shape index (κ3) is 6.00. The van der Waals surface area contributed by atoms with Crippen LogP contribution in [0.3, 0.4) is 0 Å². The lowest BCUT2D eigenvalue weighted by Gasteiger charge is -2.11. The van der Waals surface area contributed by atoms with E-state index in [2.05, 4.69) is 5.32 Å². The van der Waals surface area contributed by atoms with Crippen molar-refractivity contribution in [3.05, 3.63) is 58.4 Å². The summed E-state index contributed by atoms with van der Waals surface area (Å²) in [5.41, 5.74) is 3.98. The Morgan fingerprint density at radius 3 is 2.59 bits per heavy atom. The minimum Gasteiger partial charge on any atom is -0.320 e. The van der Waals surface area contributed by atoms with Crippen molar-refractivity contribution in [1.82, 2.24) is 15.6 Å². The van der Waals surface area contributed by atoms with E-state index in [9.17, 15) is 17.6 Å². The third-order valence-corrected chi connectivity index (χ3v) is 5.30. The van der Waals surface area contributed by atoms with Crippen molar-refractivity contribution in [1.29, 1.82) is 0 Å². The van der Waals surface area contributed by atoms with Crippen molar-refractivity contribution < 1.29 is 17.6 Å². The lowest BCUT2D eigenvalue weighted by molar-refractivity contribution is 0.0941. The van der Waals surface area contributed by atoms with E-state index < -0.39 is 21.7 Å². The van der Waals surface area contributed by atoms with Crippen LogP contribution < -0.4 is 15.6 Å². The highest BCUT2D eigenvalue weighted by atomic mass is 35.5. The molecule has 0 saturated carbocycles. The SMILES string of the molecule is CNCCCS(=O)(=O)NNC(=O)c1cc(-c2cccc(C)c2)cc(Cl)c1F. The van der Waals surface area contributed by atoms with Gasteiger partial charge in [-0.15, -0.1) is 4.83 Å². The molecule has 2 aromatic carbocycles. The van der Waals surface area contributed by atoms with Gasteiger partial charge in [0.1, 0.15) is 0 Å². The van der Waals surface area contributed by atoms with E-state index >= 15 is 0 Å². The van der Waals surface area contributed by atoms with Crippen LogP contribution in [0.15, 0.2) is 36.4 Å². The summed E-state index contributed by atoms with van der Waals surface area (Å²) in [6.07, 6.45) is 0.366. The van der Waals surface area contributed by atoms with Crippen LogP contribution in [0.1, 0.15) is 22.3 Å². The van der Waals surface area contributed by atoms with Crippen LogP contribution >= 0.6 is 11.6 Å². The summed E-state index contributed by atoms with van der Waals surface area (Å²) < 4.78 is 38.0. The summed E-state index contributed by atoms with van der Waals surface area (Å²) >= 11 is 5.93. The Balaban J connectivity index is 2.21. The molecule has 3 N–H and O–H groups in total. The summed E-state index contributed by atoms with van der Waals surface area (Å²) in [6.45, 7) is 2.42. The molecule has 0 spiro atoms. The molecule has 146 valence electrons. The van der Waals surface area contributed by atoms with E-state index in [4.69, 9.17) is 11.6 Å². The molecule has 27 heavy (non-hydrogen) atoms. The maximum absolute atomic E-state index is 14.3. The van der Waals surface area contributed by atoms with Gasteiger partial charge >= 0.3 is 0 Å². The van der Waals surface area contributed by atoms with Crippen LogP contribution in [0.25, 0.3) is 11.1 Å². The topological polar surface area (TPSA) is 87.3 Å². The summed E-state index contributed by atoms with van der Waals surface area (Å²) in [5, 5.41) is 2.60. The molecule has 0 heterocycles. The van der Waals surface area contributed by atoms with Gasteiger partial charge in [0.05, 0.1) is 16.3 Å². The molecule has 9 heteroatoms.